The van der Waals surface area contributed by atoms with Gasteiger partial charge in [0.15, 0.2) is 6.61 Å². The van der Waals surface area contributed by atoms with Crippen LogP contribution in [0.25, 0.3) is 0 Å². The highest BCUT2D eigenvalue weighted by Gasteiger charge is 2.14. The standard InChI is InChI=1S/C29H31BrN4O5/c1-4-5-15-38-24-12-10-23(11-13-24)32-28(36)29(37)34-31-17-21-16-22(30)9-14-26(21)39-18-27(35)33-25-8-6-7-19(2)20(25)3/h6-14,16-17H,4-5,15,18H2,1-3H3,(H,32,36)(H,33,35)(H,34,37)/b31-17-. The Hall–Kier alpha value is -4.18. The molecule has 3 rings (SSSR count). The van der Waals surface area contributed by atoms with Crippen molar-refractivity contribution >= 4 is 51.2 Å². The van der Waals surface area contributed by atoms with E-state index in [2.05, 4.69) is 44.0 Å². The molecule has 39 heavy (non-hydrogen) atoms. The summed E-state index contributed by atoms with van der Waals surface area (Å²) >= 11 is 3.38. The van der Waals surface area contributed by atoms with Crippen molar-refractivity contribution in [2.45, 2.75) is 33.6 Å². The average molecular weight is 595 g/mol. The number of hydrogen-bond acceptors (Lipinski definition) is 6. The third-order valence-electron chi connectivity index (χ3n) is 5.66. The zero-order valence-electron chi connectivity index (χ0n) is 22.0. The summed E-state index contributed by atoms with van der Waals surface area (Å²) < 4.78 is 12.0. The number of hydrogen-bond donors (Lipinski definition) is 3. The minimum absolute atomic E-state index is 0.229. The lowest BCUT2D eigenvalue weighted by Crippen LogP contribution is -2.32. The molecular formula is C29H31BrN4O5. The van der Waals surface area contributed by atoms with E-state index in [1.54, 1.807) is 42.5 Å². The van der Waals surface area contributed by atoms with Crippen molar-refractivity contribution in [3.8, 4) is 11.5 Å². The second-order valence-electron chi connectivity index (χ2n) is 8.65. The molecule has 0 unspecified atom stereocenters. The number of unbranched alkanes of at least 4 members (excludes halogenated alkanes) is 1. The zero-order valence-corrected chi connectivity index (χ0v) is 23.6. The molecule has 0 fully saturated rings. The Bertz CT molecular complexity index is 1340. The summed E-state index contributed by atoms with van der Waals surface area (Å²) in [5.41, 5.74) is 5.91. The van der Waals surface area contributed by atoms with E-state index in [1.165, 1.54) is 6.21 Å². The van der Waals surface area contributed by atoms with Gasteiger partial charge in [0.25, 0.3) is 5.91 Å². The maximum absolute atomic E-state index is 12.4. The van der Waals surface area contributed by atoms with E-state index in [0.717, 1.165) is 34.1 Å². The zero-order chi connectivity index (χ0) is 28.2. The maximum atomic E-state index is 12.4. The van der Waals surface area contributed by atoms with Crippen LogP contribution in [0.1, 0.15) is 36.5 Å². The van der Waals surface area contributed by atoms with Crippen molar-refractivity contribution in [2.75, 3.05) is 23.8 Å². The van der Waals surface area contributed by atoms with E-state index in [-0.39, 0.29) is 12.5 Å². The largest absolute Gasteiger partial charge is 0.494 e. The van der Waals surface area contributed by atoms with Crippen LogP contribution in [-0.4, -0.2) is 37.1 Å². The number of carbonyl (C=O) groups excluding carboxylic acids is 3. The van der Waals surface area contributed by atoms with E-state index in [9.17, 15) is 14.4 Å². The van der Waals surface area contributed by atoms with E-state index >= 15 is 0 Å². The summed E-state index contributed by atoms with van der Waals surface area (Å²) in [4.78, 5) is 36.9. The highest BCUT2D eigenvalue weighted by Crippen LogP contribution is 2.22. The first-order valence-corrected chi connectivity index (χ1v) is 13.2. The Morgan fingerprint density at radius 2 is 1.72 bits per heavy atom. The van der Waals surface area contributed by atoms with Crippen molar-refractivity contribution in [2.24, 2.45) is 5.10 Å². The quantitative estimate of drug-likeness (QED) is 0.120. The van der Waals surface area contributed by atoms with Gasteiger partial charge >= 0.3 is 11.8 Å². The SMILES string of the molecule is CCCCOc1ccc(NC(=O)C(=O)N/N=C\c2cc(Br)ccc2OCC(=O)Nc2cccc(C)c2C)cc1. The first-order chi connectivity index (χ1) is 18.8. The van der Waals surface area contributed by atoms with Crippen LogP contribution in [0.2, 0.25) is 0 Å². The molecule has 0 aliphatic carbocycles. The lowest BCUT2D eigenvalue weighted by atomic mass is 10.1. The predicted molar refractivity (Wildman–Crippen MR) is 155 cm³/mol. The molecule has 10 heteroatoms. The number of carbonyl (C=O) groups is 3. The topological polar surface area (TPSA) is 118 Å². The van der Waals surface area contributed by atoms with Gasteiger partial charge in [0.1, 0.15) is 11.5 Å². The van der Waals surface area contributed by atoms with Gasteiger partial charge in [0.05, 0.1) is 12.8 Å². The third-order valence-corrected chi connectivity index (χ3v) is 6.16. The van der Waals surface area contributed by atoms with E-state index in [1.807, 2.05) is 32.0 Å². The number of benzene rings is 3. The molecule has 0 aliphatic rings. The minimum Gasteiger partial charge on any atom is -0.494 e. The molecule has 0 aromatic heterocycles. The normalized spacial score (nSPS) is 10.7. The second-order valence-corrected chi connectivity index (χ2v) is 9.56. The van der Waals surface area contributed by atoms with Crippen LogP contribution >= 0.6 is 15.9 Å². The number of anilines is 2. The lowest BCUT2D eigenvalue weighted by Gasteiger charge is -2.12. The number of nitrogens with one attached hydrogen (secondary N) is 3. The summed E-state index contributed by atoms with van der Waals surface area (Å²) in [7, 11) is 0. The molecule has 0 heterocycles. The molecule has 0 saturated carbocycles. The third kappa shape index (κ3) is 9.26. The van der Waals surface area contributed by atoms with Crippen molar-refractivity contribution in [3.63, 3.8) is 0 Å². The van der Waals surface area contributed by atoms with Crippen molar-refractivity contribution < 1.29 is 23.9 Å². The van der Waals surface area contributed by atoms with E-state index in [4.69, 9.17) is 9.47 Å². The molecular weight excluding hydrogens is 564 g/mol. The van der Waals surface area contributed by atoms with Crippen LogP contribution in [0.15, 0.2) is 70.2 Å². The molecule has 0 saturated heterocycles. The first kappa shape index (κ1) is 29.4. The summed E-state index contributed by atoms with van der Waals surface area (Å²) in [5.74, 6) is -1.08. The Kier molecular flexibility index (Phi) is 11.1. The van der Waals surface area contributed by atoms with Gasteiger partial charge in [-0.05, 0) is 79.9 Å². The van der Waals surface area contributed by atoms with Crippen LogP contribution < -0.4 is 25.5 Å². The molecule has 0 atom stereocenters. The van der Waals surface area contributed by atoms with E-state index < -0.39 is 11.8 Å². The maximum Gasteiger partial charge on any atom is 0.329 e. The number of nitrogens with zero attached hydrogens (tertiary/aromatic N) is 1. The second kappa shape index (κ2) is 14.7. The Morgan fingerprint density at radius 1 is 0.949 bits per heavy atom. The van der Waals surface area contributed by atoms with Gasteiger partial charge in [-0.1, -0.05) is 41.4 Å². The summed E-state index contributed by atoms with van der Waals surface area (Å²) in [6.07, 6.45) is 3.32. The summed E-state index contributed by atoms with van der Waals surface area (Å²) in [6.45, 7) is 6.38. The molecule has 3 aromatic rings. The number of amides is 3. The highest BCUT2D eigenvalue weighted by molar-refractivity contribution is 9.10. The number of halogens is 1. The number of hydrazone groups is 1. The number of aryl methyl sites for hydroxylation is 1. The van der Waals surface area contributed by atoms with Gasteiger partial charge in [-0.3, -0.25) is 14.4 Å². The Labute approximate surface area is 236 Å². The molecule has 0 radical (unpaired) electrons. The number of ether oxygens (including phenoxy) is 2. The van der Waals surface area contributed by atoms with Crippen molar-refractivity contribution in [1.29, 1.82) is 0 Å². The highest BCUT2D eigenvalue weighted by atomic mass is 79.9. The summed E-state index contributed by atoms with van der Waals surface area (Å²) in [5, 5.41) is 9.22. The molecule has 0 bridgehead atoms. The fourth-order valence-corrected chi connectivity index (χ4v) is 3.71. The number of rotatable bonds is 11. The van der Waals surface area contributed by atoms with Crippen LogP contribution in [0.5, 0.6) is 11.5 Å². The van der Waals surface area contributed by atoms with E-state index in [0.29, 0.717) is 29.4 Å². The van der Waals surface area contributed by atoms with Gasteiger partial charge in [-0.15, -0.1) is 0 Å². The molecule has 204 valence electrons. The van der Waals surface area contributed by atoms with Gasteiger partial charge < -0.3 is 20.1 Å². The van der Waals surface area contributed by atoms with Crippen molar-refractivity contribution in [3.05, 3.63) is 81.8 Å². The lowest BCUT2D eigenvalue weighted by molar-refractivity contribution is -0.136. The van der Waals surface area contributed by atoms with Gasteiger partial charge in [0.2, 0.25) is 0 Å². The molecule has 3 amide bonds. The van der Waals surface area contributed by atoms with Crippen LogP contribution in [-0.2, 0) is 14.4 Å². The predicted octanol–water partition coefficient (Wildman–Crippen LogP) is 5.35. The summed E-state index contributed by atoms with van der Waals surface area (Å²) in [6, 6.07) is 17.5. The van der Waals surface area contributed by atoms with Gasteiger partial charge in [-0.2, -0.15) is 5.10 Å². The minimum atomic E-state index is -0.945. The molecule has 0 aliphatic heterocycles. The monoisotopic (exact) mass is 594 g/mol. The van der Waals surface area contributed by atoms with Crippen LogP contribution in [0.3, 0.4) is 0 Å². The first-order valence-electron chi connectivity index (χ1n) is 12.4. The molecule has 3 aromatic carbocycles. The van der Waals surface area contributed by atoms with Crippen molar-refractivity contribution in [1.82, 2.24) is 5.43 Å². The van der Waals surface area contributed by atoms with Gasteiger partial charge in [0, 0.05) is 21.4 Å². The van der Waals surface area contributed by atoms with Crippen LogP contribution in [0.4, 0.5) is 11.4 Å². The fraction of sp³-hybridized carbons (Fsp3) is 0.241. The Morgan fingerprint density at radius 3 is 2.46 bits per heavy atom. The van der Waals surface area contributed by atoms with Gasteiger partial charge in [-0.25, -0.2) is 5.43 Å². The molecule has 9 nitrogen and oxygen atoms in total. The molecule has 0 spiro atoms. The Balaban J connectivity index is 1.53. The fourth-order valence-electron chi connectivity index (χ4n) is 3.34. The smallest absolute Gasteiger partial charge is 0.329 e. The van der Waals surface area contributed by atoms with Crippen LogP contribution in [0, 0.1) is 13.8 Å². The molecule has 3 N–H and O–H groups in total. The average Bonchev–Trinajstić information content (AvgIpc) is 2.92.